The molecule has 7 nitrogen and oxygen atoms in total. The van der Waals surface area contributed by atoms with Crippen LogP contribution in [0.2, 0.25) is 0 Å². The third-order valence-corrected chi connectivity index (χ3v) is 5.65. The molecule has 0 atom stereocenters. The van der Waals surface area contributed by atoms with Crippen LogP contribution in [0.3, 0.4) is 0 Å². The lowest BCUT2D eigenvalue weighted by Gasteiger charge is -2.09. The number of aromatic amines is 1. The highest BCUT2D eigenvalue weighted by Crippen LogP contribution is 2.23. The van der Waals surface area contributed by atoms with Crippen LogP contribution in [0.15, 0.2) is 66.1 Å². The van der Waals surface area contributed by atoms with Gasteiger partial charge in [-0.25, -0.2) is 19.9 Å². The summed E-state index contributed by atoms with van der Waals surface area (Å²) in [5.74, 6) is 2.32. The summed E-state index contributed by atoms with van der Waals surface area (Å²) in [6, 6.07) is 18.7. The fraction of sp³-hybridized carbons (Fsp3) is 0.143. The van der Waals surface area contributed by atoms with Crippen molar-refractivity contribution in [3.8, 4) is 0 Å². The smallest absolute Gasteiger partial charge is 0.183 e. The van der Waals surface area contributed by atoms with Crippen molar-refractivity contribution in [2.24, 2.45) is 0 Å². The van der Waals surface area contributed by atoms with Crippen LogP contribution in [0.5, 0.6) is 0 Å². The lowest BCUT2D eigenvalue weighted by atomic mass is 10.2. The number of anilines is 1. The number of aryl methyl sites for hydroxylation is 1. The van der Waals surface area contributed by atoms with Crippen LogP contribution in [0.25, 0.3) is 22.2 Å². The van der Waals surface area contributed by atoms with Gasteiger partial charge in [0.2, 0.25) is 0 Å². The number of imidazole rings is 2. The Morgan fingerprint density at radius 1 is 0.966 bits per heavy atom. The number of nitrogen functional groups attached to an aromatic ring is 1. The minimum absolute atomic E-state index is 0.416. The van der Waals surface area contributed by atoms with Crippen LogP contribution >= 0.6 is 11.8 Å². The van der Waals surface area contributed by atoms with Gasteiger partial charge in [0, 0.05) is 18.7 Å². The summed E-state index contributed by atoms with van der Waals surface area (Å²) < 4.78 is 2.30. The highest BCUT2D eigenvalue weighted by atomic mass is 32.2. The van der Waals surface area contributed by atoms with Crippen molar-refractivity contribution in [1.82, 2.24) is 29.5 Å². The average molecular weight is 401 g/mol. The number of nitrogens with zero attached hydrogens (tertiary/aromatic N) is 5. The highest BCUT2D eigenvalue weighted by Gasteiger charge is 2.12. The molecular formula is C21H19N7S. The van der Waals surface area contributed by atoms with Gasteiger partial charge in [-0.1, -0.05) is 54.2 Å². The predicted molar refractivity (Wildman–Crippen MR) is 116 cm³/mol. The fourth-order valence-electron chi connectivity index (χ4n) is 3.39. The van der Waals surface area contributed by atoms with E-state index in [2.05, 4.69) is 67.0 Å². The largest absolute Gasteiger partial charge is 0.382 e. The monoisotopic (exact) mass is 401 g/mol. The fourth-order valence-corrected chi connectivity index (χ4v) is 4.19. The van der Waals surface area contributed by atoms with E-state index in [0.29, 0.717) is 17.0 Å². The number of nitrogens with one attached hydrogen (secondary N) is 1. The number of nitrogens with two attached hydrogens (primary N) is 1. The molecule has 0 saturated heterocycles. The molecule has 0 spiro atoms. The highest BCUT2D eigenvalue weighted by molar-refractivity contribution is 7.99. The summed E-state index contributed by atoms with van der Waals surface area (Å²) in [5, 5.41) is 0.790. The number of aromatic nitrogens is 6. The first-order valence-electron chi connectivity index (χ1n) is 9.35. The maximum atomic E-state index is 5.88. The zero-order chi connectivity index (χ0) is 19.6. The normalized spacial score (nSPS) is 11.4. The SMILES string of the molecule is Nc1ncnc2nc(SCCc3nc4ccccc4n3Cc3ccccc3)[nH]c12. The summed E-state index contributed by atoms with van der Waals surface area (Å²) >= 11 is 1.63. The van der Waals surface area contributed by atoms with E-state index in [-0.39, 0.29) is 0 Å². The maximum Gasteiger partial charge on any atom is 0.183 e. The van der Waals surface area contributed by atoms with E-state index in [1.54, 1.807) is 11.8 Å². The van der Waals surface area contributed by atoms with Crippen LogP contribution in [0, 0.1) is 0 Å². The molecule has 5 aromatic rings. The van der Waals surface area contributed by atoms with Crippen molar-refractivity contribution in [2.75, 3.05) is 11.5 Å². The topological polar surface area (TPSA) is 98.3 Å². The van der Waals surface area contributed by atoms with Gasteiger partial charge in [-0.05, 0) is 17.7 Å². The van der Waals surface area contributed by atoms with E-state index in [0.717, 1.165) is 40.7 Å². The Morgan fingerprint density at radius 2 is 1.79 bits per heavy atom. The molecule has 29 heavy (non-hydrogen) atoms. The number of thioether (sulfide) groups is 1. The molecule has 0 fully saturated rings. The summed E-state index contributed by atoms with van der Waals surface area (Å²) in [4.78, 5) is 20.7. The van der Waals surface area contributed by atoms with Crippen molar-refractivity contribution in [3.63, 3.8) is 0 Å². The molecule has 3 N–H and O–H groups in total. The van der Waals surface area contributed by atoms with E-state index in [4.69, 9.17) is 10.7 Å². The van der Waals surface area contributed by atoms with Crippen molar-refractivity contribution >= 4 is 39.8 Å². The third kappa shape index (κ3) is 3.54. The summed E-state index contributed by atoms with van der Waals surface area (Å²) in [5.41, 5.74) is 10.6. The molecule has 144 valence electrons. The Bertz CT molecular complexity index is 1280. The molecule has 0 unspecified atom stereocenters. The molecule has 0 bridgehead atoms. The third-order valence-electron chi connectivity index (χ3n) is 4.78. The first-order valence-corrected chi connectivity index (χ1v) is 10.3. The molecule has 2 aromatic carbocycles. The van der Waals surface area contributed by atoms with Crippen LogP contribution in [-0.4, -0.2) is 35.2 Å². The second-order valence-corrected chi connectivity index (χ2v) is 7.77. The Balaban J connectivity index is 1.38. The molecule has 0 aliphatic carbocycles. The Labute approximate surface area is 171 Å². The first-order chi connectivity index (χ1) is 14.3. The zero-order valence-corrected chi connectivity index (χ0v) is 16.4. The second-order valence-electron chi connectivity index (χ2n) is 6.69. The Kier molecular flexibility index (Phi) is 4.61. The van der Waals surface area contributed by atoms with E-state index in [1.165, 1.54) is 11.9 Å². The molecule has 0 aliphatic rings. The number of para-hydroxylation sites is 2. The first kappa shape index (κ1) is 17.7. The van der Waals surface area contributed by atoms with E-state index < -0.39 is 0 Å². The van der Waals surface area contributed by atoms with Crippen molar-refractivity contribution < 1.29 is 0 Å². The van der Waals surface area contributed by atoms with Gasteiger partial charge in [0.05, 0.1) is 11.0 Å². The molecule has 0 radical (unpaired) electrons. The molecule has 0 saturated carbocycles. The van der Waals surface area contributed by atoms with Gasteiger partial charge >= 0.3 is 0 Å². The van der Waals surface area contributed by atoms with E-state index in [9.17, 15) is 0 Å². The lowest BCUT2D eigenvalue weighted by molar-refractivity contribution is 0.755. The van der Waals surface area contributed by atoms with Crippen molar-refractivity contribution in [3.05, 3.63) is 72.3 Å². The van der Waals surface area contributed by atoms with Gasteiger partial charge in [-0.3, -0.25) is 0 Å². The summed E-state index contributed by atoms with van der Waals surface area (Å²) in [6.07, 6.45) is 2.25. The van der Waals surface area contributed by atoms with Gasteiger partial charge in [0.15, 0.2) is 16.6 Å². The molecule has 3 heterocycles. The second kappa shape index (κ2) is 7.56. The van der Waals surface area contributed by atoms with E-state index >= 15 is 0 Å². The minimum Gasteiger partial charge on any atom is -0.382 e. The quantitative estimate of drug-likeness (QED) is 0.421. The number of fused-ring (bicyclic) bond motifs is 2. The van der Waals surface area contributed by atoms with Crippen molar-refractivity contribution in [2.45, 2.75) is 18.1 Å². The number of benzene rings is 2. The van der Waals surface area contributed by atoms with Crippen LogP contribution < -0.4 is 5.73 Å². The number of hydrogen-bond acceptors (Lipinski definition) is 6. The van der Waals surface area contributed by atoms with E-state index in [1.807, 2.05) is 12.1 Å². The molecule has 0 aliphatic heterocycles. The Morgan fingerprint density at radius 3 is 2.66 bits per heavy atom. The van der Waals surface area contributed by atoms with Crippen LogP contribution in [0.1, 0.15) is 11.4 Å². The van der Waals surface area contributed by atoms with Crippen molar-refractivity contribution in [1.29, 1.82) is 0 Å². The zero-order valence-electron chi connectivity index (χ0n) is 15.6. The van der Waals surface area contributed by atoms with Gasteiger partial charge in [-0.15, -0.1) is 0 Å². The molecule has 5 rings (SSSR count). The lowest BCUT2D eigenvalue weighted by Crippen LogP contribution is -2.06. The summed E-state index contributed by atoms with van der Waals surface area (Å²) in [7, 11) is 0. The summed E-state index contributed by atoms with van der Waals surface area (Å²) in [6.45, 7) is 0.804. The molecule has 3 aromatic heterocycles. The average Bonchev–Trinajstić information content (AvgIpc) is 3.31. The van der Waals surface area contributed by atoms with Gasteiger partial charge < -0.3 is 15.3 Å². The van der Waals surface area contributed by atoms with Crippen LogP contribution in [-0.2, 0) is 13.0 Å². The molecular weight excluding hydrogens is 382 g/mol. The number of H-pyrrole nitrogens is 1. The van der Waals surface area contributed by atoms with Gasteiger partial charge in [-0.2, -0.15) is 0 Å². The molecule has 0 amide bonds. The minimum atomic E-state index is 0.416. The predicted octanol–water partition coefficient (Wildman–Crippen LogP) is 3.67. The Hall–Kier alpha value is -3.39. The van der Waals surface area contributed by atoms with Gasteiger partial charge in [0.25, 0.3) is 0 Å². The molecule has 8 heteroatoms. The number of hydrogen-bond donors (Lipinski definition) is 2. The standard InChI is InChI=1S/C21H19N7S/c22-19-18-20(24-13-23-19)27-21(26-18)29-11-10-17-25-15-8-4-5-9-16(15)28(17)12-14-6-2-1-3-7-14/h1-9,13H,10-12H2,(H3,22,23,24,26,27). The maximum absolute atomic E-state index is 5.88. The van der Waals surface area contributed by atoms with Crippen LogP contribution in [0.4, 0.5) is 5.82 Å². The number of rotatable bonds is 6. The van der Waals surface area contributed by atoms with Gasteiger partial charge in [0.1, 0.15) is 17.7 Å².